The van der Waals surface area contributed by atoms with E-state index in [4.69, 9.17) is 21.1 Å². The summed E-state index contributed by atoms with van der Waals surface area (Å²) in [6.45, 7) is 10.1. The first-order chi connectivity index (χ1) is 11.0. The number of benzene rings is 1. The predicted octanol–water partition coefficient (Wildman–Crippen LogP) is 2.70. The molecule has 1 aromatic rings. The number of guanidine groups is 1. The van der Waals surface area contributed by atoms with Gasteiger partial charge in [0.15, 0.2) is 5.96 Å². The normalized spacial score (nSPS) is 18.0. The Morgan fingerprint density at radius 1 is 1.35 bits per heavy atom. The van der Waals surface area contributed by atoms with Crippen molar-refractivity contribution in [2.75, 3.05) is 32.8 Å². The predicted molar refractivity (Wildman–Crippen MR) is 94.4 cm³/mol. The summed E-state index contributed by atoms with van der Waals surface area (Å²) in [6, 6.07) is 7.39. The Bertz CT molecular complexity index is 515. The van der Waals surface area contributed by atoms with Gasteiger partial charge in [-0.1, -0.05) is 18.5 Å². The minimum Gasteiger partial charge on any atom is -0.489 e. The smallest absolute Gasteiger partial charge is 0.191 e. The molecule has 2 N–H and O–H groups in total. The van der Waals surface area contributed by atoms with Gasteiger partial charge in [-0.2, -0.15) is 0 Å². The van der Waals surface area contributed by atoms with Crippen molar-refractivity contribution < 1.29 is 9.47 Å². The van der Waals surface area contributed by atoms with Crippen LogP contribution in [-0.2, 0) is 4.74 Å². The van der Waals surface area contributed by atoms with Gasteiger partial charge in [-0.25, -0.2) is 0 Å². The van der Waals surface area contributed by atoms with Crippen LogP contribution in [-0.4, -0.2) is 44.9 Å². The molecule has 0 bridgehead atoms. The molecule has 0 aromatic heterocycles. The fourth-order valence-electron chi connectivity index (χ4n) is 2.18. The summed E-state index contributed by atoms with van der Waals surface area (Å²) in [5.41, 5.74) is 0.174. The molecule has 2 rings (SSSR count). The summed E-state index contributed by atoms with van der Waals surface area (Å²) < 4.78 is 11.1. The first-order valence-corrected chi connectivity index (χ1v) is 8.41. The molecule has 1 aliphatic rings. The molecule has 6 heteroatoms. The van der Waals surface area contributed by atoms with Gasteiger partial charge in [0.25, 0.3) is 0 Å². The highest BCUT2D eigenvalue weighted by Crippen LogP contribution is 2.26. The van der Waals surface area contributed by atoms with Gasteiger partial charge in [0.2, 0.25) is 0 Å². The molecule has 1 unspecified atom stereocenters. The molecule has 23 heavy (non-hydrogen) atoms. The highest BCUT2D eigenvalue weighted by molar-refractivity contribution is 6.30. The topological polar surface area (TPSA) is 54.9 Å². The van der Waals surface area contributed by atoms with E-state index in [0.717, 1.165) is 38.0 Å². The average molecular weight is 340 g/mol. The monoisotopic (exact) mass is 339 g/mol. The van der Waals surface area contributed by atoms with Crippen molar-refractivity contribution in [3.05, 3.63) is 29.3 Å². The fourth-order valence-corrected chi connectivity index (χ4v) is 2.31. The van der Waals surface area contributed by atoms with Crippen LogP contribution in [0.2, 0.25) is 5.02 Å². The zero-order chi connectivity index (χ0) is 16.7. The van der Waals surface area contributed by atoms with Crippen LogP contribution in [0.5, 0.6) is 5.75 Å². The molecular formula is C17H26ClN3O2. The number of hydrogen-bond acceptors (Lipinski definition) is 3. The fraction of sp³-hybridized carbons (Fsp3) is 0.588. The summed E-state index contributed by atoms with van der Waals surface area (Å²) in [5.74, 6) is 1.62. The van der Waals surface area contributed by atoms with Crippen molar-refractivity contribution in [1.82, 2.24) is 10.6 Å². The summed E-state index contributed by atoms with van der Waals surface area (Å²) in [6.07, 6.45) is 0.0163. The van der Waals surface area contributed by atoms with Crippen molar-refractivity contribution in [2.24, 2.45) is 10.4 Å². The number of nitrogens with one attached hydrogen (secondary N) is 2. The lowest BCUT2D eigenvalue weighted by Gasteiger charge is -2.36. The van der Waals surface area contributed by atoms with Crippen LogP contribution in [0.4, 0.5) is 0 Å². The molecule has 0 spiro atoms. The SMILES string of the molecule is CCNC(=NCC1(C)COC1)NCC(C)Oc1ccc(Cl)cc1. The molecular weight excluding hydrogens is 314 g/mol. The third-order valence-electron chi connectivity index (χ3n) is 3.57. The second-order valence-corrected chi connectivity index (χ2v) is 6.70. The highest BCUT2D eigenvalue weighted by Gasteiger charge is 2.33. The molecule has 128 valence electrons. The van der Waals surface area contributed by atoms with Crippen molar-refractivity contribution in [2.45, 2.75) is 26.9 Å². The molecule has 0 aliphatic carbocycles. The molecule has 1 saturated heterocycles. The first-order valence-electron chi connectivity index (χ1n) is 8.03. The molecule has 0 amide bonds. The third-order valence-corrected chi connectivity index (χ3v) is 3.82. The Kier molecular flexibility index (Phi) is 6.54. The molecule has 0 saturated carbocycles. The second-order valence-electron chi connectivity index (χ2n) is 6.26. The van der Waals surface area contributed by atoms with Crippen molar-refractivity contribution in [3.63, 3.8) is 0 Å². The molecule has 1 atom stereocenters. The molecule has 5 nitrogen and oxygen atoms in total. The molecule has 1 fully saturated rings. The summed E-state index contributed by atoms with van der Waals surface area (Å²) in [5, 5.41) is 7.28. The third kappa shape index (κ3) is 5.92. The van der Waals surface area contributed by atoms with Gasteiger partial charge in [-0.15, -0.1) is 0 Å². The minimum atomic E-state index is 0.0163. The number of rotatable bonds is 7. The van der Waals surface area contributed by atoms with Crippen LogP contribution >= 0.6 is 11.6 Å². The number of halogens is 1. The van der Waals surface area contributed by atoms with Crippen molar-refractivity contribution >= 4 is 17.6 Å². The van der Waals surface area contributed by atoms with Gasteiger partial charge < -0.3 is 20.1 Å². The van der Waals surface area contributed by atoms with E-state index >= 15 is 0 Å². The second kappa shape index (κ2) is 8.41. The average Bonchev–Trinajstić information content (AvgIpc) is 2.50. The Hall–Kier alpha value is -1.46. The van der Waals surface area contributed by atoms with Crippen LogP contribution in [0.15, 0.2) is 29.3 Å². The molecule has 1 heterocycles. The molecule has 1 aromatic carbocycles. The summed E-state index contributed by atoms with van der Waals surface area (Å²) in [4.78, 5) is 4.64. The van der Waals surface area contributed by atoms with Crippen LogP contribution in [0.1, 0.15) is 20.8 Å². The number of hydrogen-bond donors (Lipinski definition) is 2. The Morgan fingerprint density at radius 3 is 2.61 bits per heavy atom. The van der Waals surface area contributed by atoms with E-state index in [2.05, 4.69) is 29.5 Å². The van der Waals surface area contributed by atoms with E-state index in [1.165, 1.54) is 0 Å². The largest absolute Gasteiger partial charge is 0.489 e. The van der Waals surface area contributed by atoms with Crippen LogP contribution < -0.4 is 15.4 Å². The lowest BCUT2D eigenvalue weighted by Crippen LogP contribution is -2.45. The number of nitrogens with zero attached hydrogens (tertiary/aromatic N) is 1. The molecule has 1 aliphatic heterocycles. The lowest BCUT2D eigenvalue weighted by atomic mass is 9.89. The minimum absolute atomic E-state index is 0.0163. The van der Waals surface area contributed by atoms with Gasteiger partial charge in [0, 0.05) is 17.0 Å². The zero-order valence-electron chi connectivity index (χ0n) is 14.1. The van der Waals surface area contributed by atoms with Crippen molar-refractivity contribution in [1.29, 1.82) is 0 Å². The Morgan fingerprint density at radius 2 is 2.04 bits per heavy atom. The van der Waals surface area contributed by atoms with Gasteiger partial charge in [-0.05, 0) is 38.1 Å². The Balaban J connectivity index is 1.80. The summed E-state index contributed by atoms with van der Waals surface area (Å²) >= 11 is 5.87. The van der Waals surface area contributed by atoms with Crippen LogP contribution in [0.3, 0.4) is 0 Å². The number of ether oxygens (including phenoxy) is 2. The van der Waals surface area contributed by atoms with Gasteiger partial charge in [0.1, 0.15) is 11.9 Å². The first kappa shape index (κ1) is 17.9. The van der Waals surface area contributed by atoms with E-state index < -0.39 is 0 Å². The maximum atomic E-state index is 5.87. The van der Waals surface area contributed by atoms with Crippen LogP contribution in [0, 0.1) is 5.41 Å². The van der Waals surface area contributed by atoms with E-state index in [0.29, 0.717) is 11.6 Å². The number of aliphatic imine (C=N–C) groups is 1. The van der Waals surface area contributed by atoms with E-state index in [9.17, 15) is 0 Å². The van der Waals surface area contributed by atoms with Gasteiger partial charge in [0.05, 0.1) is 26.3 Å². The summed E-state index contributed by atoms with van der Waals surface area (Å²) in [7, 11) is 0. The quantitative estimate of drug-likeness (QED) is 0.592. The standard InChI is InChI=1S/C17H26ClN3O2/c1-4-19-16(21-10-17(3)11-22-12-17)20-9-13(2)23-15-7-5-14(18)6-8-15/h5-8,13H,4,9-12H2,1-3H3,(H2,19,20,21). The van der Waals surface area contributed by atoms with Crippen LogP contribution in [0.25, 0.3) is 0 Å². The van der Waals surface area contributed by atoms with E-state index in [-0.39, 0.29) is 11.5 Å². The van der Waals surface area contributed by atoms with E-state index in [1.807, 2.05) is 31.2 Å². The zero-order valence-corrected chi connectivity index (χ0v) is 14.8. The lowest BCUT2D eigenvalue weighted by molar-refractivity contribution is -0.0945. The maximum Gasteiger partial charge on any atom is 0.191 e. The highest BCUT2D eigenvalue weighted by atomic mass is 35.5. The Labute approximate surface area is 143 Å². The maximum absolute atomic E-state index is 5.87. The van der Waals surface area contributed by atoms with E-state index in [1.54, 1.807) is 0 Å². The van der Waals surface area contributed by atoms with Crippen molar-refractivity contribution in [3.8, 4) is 5.75 Å². The van der Waals surface area contributed by atoms with Gasteiger partial charge >= 0.3 is 0 Å². The molecule has 0 radical (unpaired) electrons. The van der Waals surface area contributed by atoms with Gasteiger partial charge in [-0.3, -0.25) is 4.99 Å².